The second-order valence-electron chi connectivity index (χ2n) is 4.30. The minimum atomic E-state index is 0.648. The summed E-state index contributed by atoms with van der Waals surface area (Å²) in [5.41, 5.74) is 1.28. The summed E-state index contributed by atoms with van der Waals surface area (Å²) < 4.78 is 2.19. The third-order valence-electron chi connectivity index (χ3n) is 3.10. The van der Waals surface area contributed by atoms with Crippen LogP contribution in [0.2, 0.25) is 0 Å². The molecule has 0 aromatic carbocycles. The Hall–Kier alpha value is -0.870. The molecule has 1 aliphatic rings. The van der Waals surface area contributed by atoms with Crippen LogP contribution in [0.5, 0.6) is 0 Å². The topological polar surface area (TPSA) is 33.1 Å². The second-order valence-corrected chi connectivity index (χ2v) is 4.30. The molecule has 2 rings (SSSR count). The fraction of sp³-hybridized carbons (Fsp3) is 0.727. The van der Waals surface area contributed by atoms with Gasteiger partial charge in [-0.05, 0) is 26.9 Å². The molecule has 0 bridgehead atoms. The van der Waals surface area contributed by atoms with Gasteiger partial charge in [0.15, 0.2) is 0 Å². The minimum Gasteiger partial charge on any atom is -0.334 e. The largest absolute Gasteiger partial charge is 0.334 e. The zero-order chi connectivity index (χ0) is 10.7. The van der Waals surface area contributed by atoms with Crippen molar-refractivity contribution in [2.24, 2.45) is 0 Å². The molecule has 1 aliphatic heterocycles. The van der Waals surface area contributed by atoms with Crippen molar-refractivity contribution in [3.8, 4) is 0 Å². The molecule has 4 heteroatoms. The maximum Gasteiger partial charge on any atom is 0.0948 e. The molecule has 4 nitrogen and oxygen atoms in total. The van der Waals surface area contributed by atoms with Crippen LogP contribution in [0.25, 0.3) is 0 Å². The number of hydrogen-bond donors (Lipinski definition) is 1. The Morgan fingerprint density at radius 2 is 2.47 bits per heavy atom. The van der Waals surface area contributed by atoms with E-state index < -0.39 is 0 Å². The highest BCUT2D eigenvalue weighted by atomic mass is 15.2. The number of imidazole rings is 1. The van der Waals surface area contributed by atoms with Gasteiger partial charge in [-0.15, -0.1) is 0 Å². The van der Waals surface area contributed by atoms with Gasteiger partial charge in [-0.25, -0.2) is 4.98 Å². The van der Waals surface area contributed by atoms with Gasteiger partial charge in [-0.1, -0.05) is 0 Å². The van der Waals surface area contributed by atoms with Crippen LogP contribution in [-0.4, -0.2) is 40.6 Å². The van der Waals surface area contributed by atoms with Crippen molar-refractivity contribution < 1.29 is 0 Å². The van der Waals surface area contributed by atoms with Crippen molar-refractivity contribution in [3.05, 3.63) is 18.2 Å². The van der Waals surface area contributed by atoms with Gasteiger partial charge in [0.25, 0.3) is 0 Å². The molecule has 1 aromatic heterocycles. The smallest absolute Gasteiger partial charge is 0.0948 e. The number of likely N-dealkylation sites (tertiary alicyclic amines) is 1. The van der Waals surface area contributed by atoms with E-state index in [1.54, 1.807) is 0 Å². The number of nitrogens with zero attached hydrogens (tertiary/aromatic N) is 3. The first-order valence-electron chi connectivity index (χ1n) is 5.70. The summed E-state index contributed by atoms with van der Waals surface area (Å²) in [6.07, 6.45) is 5.11. The number of likely N-dealkylation sites (N-methyl/N-ethyl adjacent to an activating group) is 1. The van der Waals surface area contributed by atoms with Crippen molar-refractivity contribution in [2.75, 3.05) is 20.1 Å². The van der Waals surface area contributed by atoms with E-state index in [0.29, 0.717) is 6.04 Å². The Labute approximate surface area is 91.3 Å². The van der Waals surface area contributed by atoms with Crippen molar-refractivity contribution in [1.29, 1.82) is 0 Å². The average molecular weight is 208 g/mol. The number of aromatic nitrogens is 2. The molecule has 15 heavy (non-hydrogen) atoms. The van der Waals surface area contributed by atoms with Gasteiger partial charge in [-0.3, -0.25) is 0 Å². The van der Waals surface area contributed by atoms with E-state index >= 15 is 0 Å². The Morgan fingerprint density at radius 1 is 1.60 bits per heavy atom. The maximum absolute atomic E-state index is 4.17. The summed E-state index contributed by atoms with van der Waals surface area (Å²) in [6.45, 7) is 6.47. The zero-order valence-corrected chi connectivity index (χ0v) is 9.61. The predicted molar refractivity (Wildman–Crippen MR) is 60.6 cm³/mol. The van der Waals surface area contributed by atoms with E-state index in [0.717, 1.165) is 13.1 Å². The van der Waals surface area contributed by atoms with E-state index in [1.807, 2.05) is 12.5 Å². The Bertz CT molecular complexity index is 307. The van der Waals surface area contributed by atoms with Crippen LogP contribution >= 0.6 is 0 Å². The monoisotopic (exact) mass is 208 g/mol. The lowest BCUT2D eigenvalue weighted by Crippen LogP contribution is -2.31. The highest BCUT2D eigenvalue weighted by molar-refractivity contribution is 4.98. The lowest BCUT2D eigenvalue weighted by Gasteiger charge is -2.13. The van der Waals surface area contributed by atoms with Crippen LogP contribution in [0.3, 0.4) is 0 Å². The van der Waals surface area contributed by atoms with Gasteiger partial charge in [0.05, 0.1) is 12.0 Å². The fourth-order valence-corrected chi connectivity index (χ4v) is 2.13. The summed E-state index contributed by atoms with van der Waals surface area (Å²) in [4.78, 5) is 6.54. The molecule has 1 atom stereocenters. The SMILES string of the molecule is CCn1cncc1CNC1CCN(C)C1. The van der Waals surface area contributed by atoms with Crippen molar-refractivity contribution in [2.45, 2.75) is 32.5 Å². The number of aryl methyl sites for hydroxylation is 1. The molecule has 1 saturated heterocycles. The molecular formula is C11H20N4. The highest BCUT2D eigenvalue weighted by Gasteiger charge is 2.18. The first-order valence-corrected chi connectivity index (χ1v) is 5.70. The molecule has 0 amide bonds. The predicted octanol–water partition coefficient (Wildman–Crippen LogP) is 0.697. The molecule has 2 heterocycles. The molecule has 0 aliphatic carbocycles. The highest BCUT2D eigenvalue weighted by Crippen LogP contribution is 2.07. The molecule has 0 radical (unpaired) electrons. The lowest BCUT2D eigenvalue weighted by molar-refractivity contribution is 0.396. The Morgan fingerprint density at radius 3 is 3.13 bits per heavy atom. The molecule has 1 fully saturated rings. The minimum absolute atomic E-state index is 0.648. The van der Waals surface area contributed by atoms with Gasteiger partial charge in [0, 0.05) is 31.9 Å². The fourth-order valence-electron chi connectivity index (χ4n) is 2.13. The molecule has 1 N–H and O–H groups in total. The third-order valence-corrected chi connectivity index (χ3v) is 3.10. The quantitative estimate of drug-likeness (QED) is 0.790. The van der Waals surface area contributed by atoms with Crippen LogP contribution < -0.4 is 5.32 Å². The van der Waals surface area contributed by atoms with Crippen LogP contribution in [0, 0.1) is 0 Å². The maximum atomic E-state index is 4.17. The third kappa shape index (κ3) is 2.58. The summed E-state index contributed by atoms with van der Waals surface area (Å²) >= 11 is 0. The summed E-state index contributed by atoms with van der Waals surface area (Å²) in [6, 6.07) is 0.648. The number of hydrogen-bond acceptors (Lipinski definition) is 3. The Kier molecular flexibility index (Phi) is 3.38. The van der Waals surface area contributed by atoms with Crippen molar-refractivity contribution in [3.63, 3.8) is 0 Å². The van der Waals surface area contributed by atoms with E-state index in [4.69, 9.17) is 0 Å². The van der Waals surface area contributed by atoms with Gasteiger partial charge < -0.3 is 14.8 Å². The van der Waals surface area contributed by atoms with Crippen molar-refractivity contribution in [1.82, 2.24) is 19.8 Å². The van der Waals surface area contributed by atoms with Crippen LogP contribution in [0.4, 0.5) is 0 Å². The summed E-state index contributed by atoms with van der Waals surface area (Å²) in [5, 5.41) is 3.59. The van der Waals surface area contributed by atoms with Crippen LogP contribution in [-0.2, 0) is 13.1 Å². The first-order chi connectivity index (χ1) is 7.29. The zero-order valence-electron chi connectivity index (χ0n) is 9.61. The van der Waals surface area contributed by atoms with E-state index in [2.05, 4.69) is 33.7 Å². The average Bonchev–Trinajstić information content (AvgIpc) is 2.83. The van der Waals surface area contributed by atoms with Gasteiger partial charge in [0.2, 0.25) is 0 Å². The molecule has 0 spiro atoms. The van der Waals surface area contributed by atoms with Gasteiger partial charge in [0.1, 0.15) is 0 Å². The molecule has 0 saturated carbocycles. The van der Waals surface area contributed by atoms with Crippen LogP contribution in [0.15, 0.2) is 12.5 Å². The van der Waals surface area contributed by atoms with E-state index in [-0.39, 0.29) is 0 Å². The number of nitrogens with one attached hydrogen (secondary N) is 1. The molecule has 1 unspecified atom stereocenters. The van der Waals surface area contributed by atoms with Crippen LogP contribution in [0.1, 0.15) is 19.0 Å². The summed E-state index contributed by atoms with van der Waals surface area (Å²) in [5.74, 6) is 0. The summed E-state index contributed by atoms with van der Waals surface area (Å²) in [7, 11) is 2.18. The lowest BCUT2D eigenvalue weighted by atomic mass is 10.2. The van der Waals surface area contributed by atoms with Gasteiger partial charge >= 0.3 is 0 Å². The molecule has 1 aromatic rings. The van der Waals surface area contributed by atoms with E-state index in [1.165, 1.54) is 25.2 Å². The van der Waals surface area contributed by atoms with Crippen molar-refractivity contribution >= 4 is 0 Å². The van der Waals surface area contributed by atoms with Gasteiger partial charge in [-0.2, -0.15) is 0 Å². The standard InChI is InChI=1S/C11H20N4/c1-3-15-9-12-6-11(15)7-13-10-4-5-14(2)8-10/h6,9-10,13H,3-5,7-8H2,1-2H3. The number of rotatable bonds is 4. The Balaban J connectivity index is 1.83. The first kappa shape index (κ1) is 10.6. The molecular weight excluding hydrogens is 188 g/mol. The normalized spacial score (nSPS) is 22.4. The molecule has 84 valence electrons. The second kappa shape index (κ2) is 4.77. The van der Waals surface area contributed by atoms with E-state index in [9.17, 15) is 0 Å².